The molecule has 0 unspecified atom stereocenters. The molecule has 4 nitrogen and oxygen atoms in total. The molecule has 0 saturated heterocycles. The Morgan fingerprint density at radius 1 is 1.57 bits per heavy atom. The lowest BCUT2D eigenvalue weighted by Gasteiger charge is -1.99. The molecular formula is C9H7BrN2O2. The van der Waals surface area contributed by atoms with Gasteiger partial charge in [0.2, 0.25) is 0 Å². The summed E-state index contributed by atoms with van der Waals surface area (Å²) in [6.07, 6.45) is 1.54. The predicted molar refractivity (Wildman–Crippen MR) is 55.1 cm³/mol. The third-order valence-corrected chi connectivity index (χ3v) is 2.37. The van der Waals surface area contributed by atoms with Gasteiger partial charge in [0, 0.05) is 4.47 Å². The lowest BCUT2D eigenvalue weighted by molar-refractivity contribution is -0.136. The number of aliphatic carboxylic acids is 1. The van der Waals surface area contributed by atoms with Gasteiger partial charge in [-0.1, -0.05) is 15.9 Å². The summed E-state index contributed by atoms with van der Waals surface area (Å²) >= 11 is 3.32. The van der Waals surface area contributed by atoms with Gasteiger partial charge < -0.3 is 10.1 Å². The van der Waals surface area contributed by atoms with Crippen molar-refractivity contribution in [2.24, 2.45) is 0 Å². The van der Waals surface area contributed by atoms with Gasteiger partial charge in [0.05, 0.1) is 23.8 Å². The van der Waals surface area contributed by atoms with Crippen molar-refractivity contribution in [1.29, 1.82) is 0 Å². The van der Waals surface area contributed by atoms with Crippen molar-refractivity contribution < 1.29 is 9.90 Å². The van der Waals surface area contributed by atoms with Gasteiger partial charge in [0.25, 0.3) is 0 Å². The third-order valence-electron chi connectivity index (χ3n) is 1.91. The molecular weight excluding hydrogens is 248 g/mol. The molecule has 0 aliphatic heterocycles. The molecule has 5 heteroatoms. The van der Waals surface area contributed by atoms with Crippen LogP contribution in [-0.4, -0.2) is 21.0 Å². The van der Waals surface area contributed by atoms with E-state index < -0.39 is 5.97 Å². The summed E-state index contributed by atoms with van der Waals surface area (Å²) in [6.45, 7) is 0. The van der Waals surface area contributed by atoms with Crippen molar-refractivity contribution in [3.63, 3.8) is 0 Å². The zero-order valence-corrected chi connectivity index (χ0v) is 8.71. The Bertz CT molecular complexity index is 493. The number of halogens is 1. The number of rotatable bonds is 2. The average molecular weight is 255 g/mol. The number of imidazole rings is 1. The van der Waals surface area contributed by atoms with Crippen LogP contribution in [0.25, 0.3) is 11.0 Å². The second-order valence-corrected chi connectivity index (χ2v) is 3.85. The van der Waals surface area contributed by atoms with Crippen LogP contribution in [0.1, 0.15) is 5.56 Å². The molecule has 1 aromatic carbocycles. The summed E-state index contributed by atoms with van der Waals surface area (Å²) in [5, 5.41) is 8.70. The van der Waals surface area contributed by atoms with Gasteiger partial charge in [-0.2, -0.15) is 0 Å². The van der Waals surface area contributed by atoms with E-state index in [9.17, 15) is 4.79 Å². The Hall–Kier alpha value is -1.36. The highest BCUT2D eigenvalue weighted by molar-refractivity contribution is 9.10. The first-order valence-electron chi connectivity index (χ1n) is 4.00. The third kappa shape index (κ3) is 1.63. The molecule has 0 bridgehead atoms. The quantitative estimate of drug-likeness (QED) is 0.861. The number of nitrogens with zero attached hydrogens (tertiary/aromatic N) is 1. The number of fused-ring (bicyclic) bond motifs is 1. The van der Waals surface area contributed by atoms with Gasteiger partial charge in [-0.25, -0.2) is 4.98 Å². The van der Waals surface area contributed by atoms with Crippen LogP contribution in [0, 0.1) is 0 Å². The van der Waals surface area contributed by atoms with Crippen LogP contribution in [0.2, 0.25) is 0 Å². The molecule has 14 heavy (non-hydrogen) atoms. The summed E-state index contributed by atoms with van der Waals surface area (Å²) in [6, 6.07) is 3.64. The Balaban J connectivity index is 2.60. The molecule has 1 heterocycles. The highest BCUT2D eigenvalue weighted by atomic mass is 79.9. The fourth-order valence-electron chi connectivity index (χ4n) is 1.38. The molecule has 72 valence electrons. The Morgan fingerprint density at radius 3 is 3.07 bits per heavy atom. The predicted octanol–water partition coefficient (Wildman–Crippen LogP) is 1.95. The van der Waals surface area contributed by atoms with Gasteiger partial charge in [0.15, 0.2) is 0 Å². The second-order valence-electron chi connectivity index (χ2n) is 2.93. The van der Waals surface area contributed by atoms with Crippen LogP contribution in [0.4, 0.5) is 0 Å². The molecule has 0 radical (unpaired) electrons. The van der Waals surface area contributed by atoms with E-state index in [0.29, 0.717) is 5.56 Å². The topological polar surface area (TPSA) is 66.0 Å². The van der Waals surface area contributed by atoms with Crippen molar-refractivity contribution in [1.82, 2.24) is 9.97 Å². The second kappa shape index (κ2) is 3.42. The van der Waals surface area contributed by atoms with Gasteiger partial charge in [0.1, 0.15) is 0 Å². The van der Waals surface area contributed by atoms with Crippen molar-refractivity contribution >= 4 is 32.9 Å². The molecule has 2 aromatic rings. The highest BCUT2D eigenvalue weighted by Gasteiger charge is 2.08. The zero-order valence-electron chi connectivity index (χ0n) is 7.12. The summed E-state index contributed by atoms with van der Waals surface area (Å²) < 4.78 is 0.852. The van der Waals surface area contributed by atoms with E-state index in [4.69, 9.17) is 5.11 Å². The largest absolute Gasteiger partial charge is 0.481 e. The fraction of sp³-hybridized carbons (Fsp3) is 0.111. The number of carboxylic acids is 1. The van der Waals surface area contributed by atoms with E-state index in [2.05, 4.69) is 25.9 Å². The molecule has 0 spiro atoms. The zero-order chi connectivity index (χ0) is 10.1. The van der Waals surface area contributed by atoms with Crippen LogP contribution in [0.3, 0.4) is 0 Å². The maximum Gasteiger partial charge on any atom is 0.307 e. The van der Waals surface area contributed by atoms with Crippen LogP contribution in [-0.2, 0) is 11.2 Å². The molecule has 0 fully saturated rings. The summed E-state index contributed by atoms with van der Waals surface area (Å²) in [4.78, 5) is 17.6. The van der Waals surface area contributed by atoms with Crippen LogP contribution < -0.4 is 0 Å². The lowest BCUT2D eigenvalue weighted by atomic mass is 10.1. The number of aromatic nitrogens is 2. The normalized spacial score (nSPS) is 10.6. The van der Waals surface area contributed by atoms with E-state index in [1.807, 2.05) is 6.07 Å². The number of hydrogen-bond donors (Lipinski definition) is 2. The first-order valence-corrected chi connectivity index (χ1v) is 4.79. The minimum Gasteiger partial charge on any atom is -0.481 e. The smallest absolute Gasteiger partial charge is 0.307 e. The standard InChI is InChI=1S/C9H7BrN2O2/c10-6-1-5(2-8(13)14)9-7(3-6)11-4-12-9/h1,3-4H,2H2,(H,11,12)(H,13,14). The van der Waals surface area contributed by atoms with E-state index in [-0.39, 0.29) is 6.42 Å². The van der Waals surface area contributed by atoms with Gasteiger partial charge in [-0.15, -0.1) is 0 Å². The molecule has 0 aliphatic rings. The first-order chi connectivity index (χ1) is 6.66. The molecule has 0 saturated carbocycles. The molecule has 0 aliphatic carbocycles. The number of carbonyl (C=O) groups is 1. The Labute approximate surface area is 88.1 Å². The number of benzene rings is 1. The van der Waals surface area contributed by atoms with Crippen LogP contribution in [0.15, 0.2) is 22.9 Å². The molecule has 0 amide bonds. The van der Waals surface area contributed by atoms with Crippen molar-refractivity contribution in [3.8, 4) is 0 Å². The molecule has 2 rings (SSSR count). The first kappa shape index (κ1) is 9.21. The summed E-state index contributed by atoms with van der Waals surface area (Å²) in [7, 11) is 0. The van der Waals surface area contributed by atoms with Crippen molar-refractivity contribution in [3.05, 3.63) is 28.5 Å². The van der Waals surface area contributed by atoms with Crippen molar-refractivity contribution in [2.75, 3.05) is 0 Å². The van der Waals surface area contributed by atoms with E-state index in [1.54, 1.807) is 12.4 Å². The van der Waals surface area contributed by atoms with E-state index in [0.717, 1.165) is 15.5 Å². The minimum absolute atomic E-state index is 0.0131. The number of H-pyrrole nitrogens is 1. The number of aromatic amines is 1. The van der Waals surface area contributed by atoms with Gasteiger partial charge in [-0.3, -0.25) is 4.79 Å². The Morgan fingerprint density at radius 2 is 2.36 bits per heavy atom. The summed E-state index contributed by atoms with van der Waals surface area (Å²) in [5.74, 6) is -0.854. The maximum atomic E-state index is 10.6. The summed E-state index contributed by atoms with van der Waals surface area (Å²) in [5.41, 5.74) is 2.27. The minimum atomic E-state index is -0.854. The molecule has 2 N–H and O–H groups in total. The monoisotopic (exact) mass is 254 g/mol. The van der Waals surface area contributed by atoms with Gasteiger partial charge in [-0.05, 0) is 17.7 Å². The van der Waals surface area contributed by atoms with E-state index >= 15 is 0 Å². The lowest BCUT2D eigenvalue weighted by Crippen LogP contribution is -2.00. The highest BCUT2D eigenvalue weighted by Crippen LogP contribution is 2.21. The van der Waals surface area contributed by atoms with Gasteiger partial charge >= 0.3 is 5.97 Å². The van der Waals surface area contributed by atoms with Crippen LogP contribution in [0.5, 0.6) is 0 Å². The SMILES string of the molecule is O=C(O)Cc1cc(Br)cc2[nH]cnc12. The fourth-order valence-corrected chi connectivity index (χ4v) is 1.89. The number of nitrogens with one attached hydrogen (secondary N) is 1. The average Bonchev–Trinajstić information content (AvgIpc) is 2.50. The number of hydrogen-bond acceptors (Lipinski definition) is 2. The Kier molecular flexibility index (Phi) is 2.25. The number of carboxylic acid groups (broad SMARTS) is 1. The molecule has 1 aromatic heterocycles. The molecule has 0 atom stereocenters. The van der Waals surface area contributed by atoms with E-state index in [1.165, 1.54) is 0 Å². The van der Waals surface area contributed by atoms with Crippen molar-refractivity contribution in [2.45, 2.75) is 6.42 Å². The van der Waals surface area contributed by atoms with Crippen LogP contribution >= 0.6 is 15.9 Å². The maximum absolute atomic E-state index is 10.6.